The first-order valence-corrected chi connectivity index (χ1v) is 11.7. The second-order valence-electron chi connectivity index (χ2n) is 6.63. The molecular weight excluding hydrogens is 524 g/mol. The van der Waals surface area contributed by atoms with Crippen molar-refractivity contribution in [3.8, 4) is 0 Å². The average Bonchev–Trinajstić information content (AvgIpc) is 2.75. The first-order chi connectivity index (χ1) is 15.4. The Morgan fingerprint density at radius 3 is 2.06 bits per heavy atom. The number of nitrogens with zero attached hydrogens (tertiary/aromatic N) is 1. The van der Waals surface area contributed by atoms with E-state index in [1.807, 2.05) is 0 Å². The van der Waals surface area contributed by atoms with Crippen LogP contribution >= 0.6 is 34.8 Å². The number of carbonyl (C=O) groups is 1. The molecule has 0 saturated heterocycles. The van der Waals surface area contributed by atoms with Gasteiger partial charge in [-0.2, -0.15) is 13.2 Å². The van der Waals surface area contributed by atoms with E-state index in [9.17, 15) is 26.4 Å². The molecule has 0 aliphatic heterocycles. The number of hydrogen-bond acceptors (Lipinski definition) is 3. The number of carbonyl (C=O) groups excluding carboxylic acids is 1. The van der Waals surface area contributed by atoms with Crippen molar-refractivity contribution in [1.82, 2.24) is 0 Å². The second kappa shape index (κ2) is 9.80. The van der Waals surface area contributed by atoms with Crippen LogP contribution in [0.5, 0.6) is 0 Å². The Morgan fingerprint density at radius 2 is 1.48 bits per heavy atom. The lowest BCUT2D eigenvalue weighted by Crippen LogP contribution is -2.38. The zero-order chi connectivity index (χ0) is 24.4. The van der Waals surface area contributed by atoms with E-state index in [1.165, 1.54) is 42.5 Å². The molecule has 0 aromatic heterocycles. The van der Waals surface area contributed by atoms with E-state index >= 15 is 0 Å². The molecule has 12 heteroatoms. The smallest absolute Gasteiger partial charge is 0.322 e. The Morgan fingerprint density at radius 1 is 0.879 bits per heavy atom. The van der Waals surface area contributed by atoms with Crippen LogP contribution in [0.15, 0.2) is 71.6 Å². The lowest BCUT2D eigenvalue weighted by Gasteiger charge is -2.26. The summed E-state index contributed by atoms with van der Waals surface area (Å²) in [6.07, 6.45) is -4.77. The van der Waals surface area contributed by atoms with Gasteiger partial charge in [0.25, 0.3) is 10.0 Å². The van der Waals surface area contributed by atoms with Gasteiger partial charge in [-0.25, -0.2) is 8.42 Å². The molecule has 3 rings (SSSR count). The fourth-order valence-corrected chi connectivity index (χ4v) is 5.04. The Kier molecular flexibility index (Phi) is 7.48. The average molecular weight is 538 g/mol. The predicted octanol–water partition coefficient (Wildman–Crippen LogP) is 6.50. The maximum Gasteiger partial charge on any atom is 0.416 e. The first kappa shape index (κ1) is 25.2. The largest absolute Gasteiger partial charge is 0.416 e. The topological polar surface area (TPSA) is 66.5 Å². The van der Waals surface area contributed by atoms with Gasteiger partial charge in [-0.15, -0.1) is 0 Å². The van der Waals surface area contributed by atoms with E-state index in [1.54, 1.807) is 6.07 Å². The summed E-state index contributed by atoms with van der Waals surface area (Å²) >= 11 is 18.1. The molecule has 33 heavy (non-hydrogen) atoms. The second-order valence-corrected chi connectivity index (χ2v) is 9.72. The van der Waals surface area contributed by atoms with Crippen molar-refractivity contribution in [1.29, 1.82) is 0 Å². The normalized spacial score (nSPS) is 11.8. The fraction of sp³-hybridized carbons (Fsp3) is 0.0952. The third-order valence-electron chi connectivity index (χ3n) is 4.39. The predicted molar refractivity (Wildman–Crippen MR) is 123 cm³/mol. The van der Waals surface area contributed by atoms with Crippen molar-refractivity contribution in [2.24, 2.45) is 0 Å². The molecular formula is C21H14Cl3F3N2O3S. The molecule has 0 saturated carbocycles. The standard InChI is InChI=1S/C21H14Cl3F3N2O3S/c22-15-10-9-13(21(25,26)27)11-18(15)29(33(31,32)14-5-2-1-3-6-14)12-19(30)28-20-16(23)7-4-8-17(20)24/h1-11H,12H2,(H,28,30). The van der Waals surface area contributed by atoms with Gasteiger partial charge in [0.1, 0.15) is 6.54 Å². The number of para-hydroxylation sites is 1. The van der Waals surface area contributed by atoms with Gasteiger partial charge in [0, 0.05) is 0 Å². The molecule has 0 radical (unpaired) electrons. The highest BCUT2D eigenvalue weighted by molar-refractivity contribution is 7.92. The van der Waals surface area contributed by atoms with Crippen molar-refractivity contribution in [2.45, 2.75) is 11.1 Å². The summed E-state index contributed by atoms with van der Waals surface area (Å²) in [6.45, 7) is -0.903. The number of alkyl halides is 3. The minimum atomic E-state index is -4.77. The fourth-order valence-electron chi connectivity index (χ4n) is 2.83. The molecule has 0 unspecified atom stereocenters. The monoisotopic (exact) mass is 536 g/mol. The number of halogens is 6. The minimum absolute atomic E-state index is 0.0260. The van der Waals surface area contributed by atoms with E-state index in [2.05, 4.69) is 5.32 Å². The maximum absolute atomic E-state index is 13.3. The van der Waals surface area contributed by atoms with Gasteiger partial charge < -0.3 is 5.32 Å². The summed E-state index contributed by atoms with van der Waals surface area (Å²) < 4.78 is 67.0. The summed E-state index contributed by atoms with van der Waals surface area (Å²) in [5.41, 5.74) is -1.63. The van der Waals surface area contributed by atoms with Crippen LogP contribution in [0.1, 0.15) is 5.56 Å². The molecule has 1 N–H and O–H groups in total. The molecule has 3 aromatic carbocycles. The van der Waals surface area contributed by atoms with Crippen LogP contribution in [0.3, 0.4) is 0 Å². The molecule has 0 bridgehead atoms. The van der Waals surface area contributed by atoms with Gasteiger partial charge in [-0.1, -0.05) is 59.1 Å². The Labute approximate surface area is 202 Å². The first-order valence-electron chi connectivity index (χ1n) is 9.09. The maximum atomic E-state index is 13.3. The Balaban J connectivity index is 2.08. The van der Waals surface area contributed by atoms with Crippen LogP contribution in [0, 0.1) is 0 Å². The van der Waals surface area contributed by atoms with E-state index in [-0.39, 0.29) is 25.7 Å². The van der Waals surface area contributed by atoms with Gasteiger partial charge >= 0.3 is 6.18 Å². The molecule has 5 nitrogen and oxygen atoms in total. The zero-order valence-electron chi connectivity index (χ0n) is 16.4. The highest BCUT2D eigenvalue weighted by atomic mass is 35.5. The van der Waals surface area contributed by atoms with Gasteiger partial charge in [0.2, 0.25) is 5.91 Å². The summed E-state index contributed by atoms with van der Waals surface area (Å²) in [5.74, 6) is -0.905. The van der Waals surface area contributed by atoms with Crippen molar-refractivity contribution >= 4 is 62.1 Å². The highest BCUT2D eigenvalue weighted by Crippen LogP contribution is 2.37. The van der Waals surface area contributed by atoms with Crippen LogP contribution < -0.4 is 9.62 Å². The molecule has 1 amide bonds. The van der Waals surface area contributed by atoms with E-state index in [0.717, 1.165) is 6.07 Å². The molecule has 0 spiro atoms. The number of anilines is 2. The van der Waals surface area contributed by atoms with E-state index < -0.39 is 39.9 Å². The van der Waals surface area contributed by atoms with Crippen LogP contribution in [0.2, 0.25) is 15.1 Å². The Hall–Kier alpha value is -2.46. The third kappa shape index (κ3) is 5.73. The summed E-state index contributed by atoms with van der Waals surface area (Å²) in [7, 11) is -4.49. The molecule has 3 aromatic rings. The SMILES string of the molecule is O=C(CN(c1cc(C(F)(F)F)ccc1Cl)S(=O)(=O)c1ccccc1)Nc1c(Cl)cccc1Cl. The zero-order valence-corrected chi connectivity index (χ0v) is 19.5. The van der Waals surface area contributed by atoms with Crippen molar-refractivity contribution in [2.75, 3.05) is 16.2 Å². The minimum Gasteiger partial charge on any atom is -0.322 e. The highest BCUT2D eigenvalue weighted by Gasteiger charge is 2.34. The van der Waals surface area contributed by atoms with Gasteiger partial charge in [-0.3, -0.25) is 9.10 Å². The third-order valence-corrected chi connectivity index (χ3v) is 7.11. The molecule has 174 valence electrons. The lowest BCUT2D eigenvalue weighted by molar-refractivity contribution is -0.137. The molecule has 0 aliphatic rings. The molecule has 0 atom stereocenters. The van der Waals surface area contributed by atoms with Gasteiger partial charge in [-0.05, 0) is 42.5 Å². The van der Waals surface area contributed by atoms with Crippen LogP contribution in [-0.4, -0.2) is 20.9 Å². The number of rotatable bonds is 6. The number of amides is 1. The molecule has 0 heterocycles. The van der Waals surface area contributed by atoms with Gasteiger partial charge in [0.15, 0.2) is 0 Å². The van der Waals surface area contributed by atoms with Crippen molar-refractivity contribution < 1.29 is 26.4 Å². The van der Waals surface area contributed by atoms with E-state index in [0.29, 0.717) is 16.4 Å². The molecule has 0 aliphatic carbocycles. The molecule has 0 fully saturated rings. The number of hydrogen-bond donors (Lipinski definition) is 1. The van der Waals surface area contributed by atoms with Crippen LogP contribution in [-0.2, 0) is 21.0 Å². The Bertz CT molecular complexity index is 1270. The quantitative estimate of drug-likeness (QED) is 0.390. The van der Waals surface area contributed by atoms with Crippen LogP contribution in [0.25, 0.3) is 0 Å². The number of nitrogens with one attached hydrogen (secondary N) is 1. The number of benzene rings is 3. The summed E-state index contributed by atoms with van der Waals surface area (Å²) in [6, 6.07) is 13.5. The van der Waals surface area contributed by atoms with Gasteiger partial charge in [0.05, 0.1) is 36.9 Å². The van der Waals surface area contributed by atoms with Crippen molar-refractivity contribution in [3.63, 3.8) is 0 Å². The lowest BCUT2D eigenvalue weighted by atomic mass is 10.2. The van der Waals surface area contributed by atoms with Crippen molar-refractivity contribution in [3.05, 3.63) is 87.4 Å². The number of sulfonamides is 1. The summed E-state index contributed by atoms with van der Waals surface area (Å²) in [5, 5.41) is 2.27. The van der Waals surface area contributed by atoms with Crippen LogP contribution in [0.4, 0.5) is 24.5 Å². The summed E-state index contributed by atoms with van der Waals surface area (Å²) in [4.78, 5) is 12.5. The van der Waals surface area contributed by atoms with E-state index in [4.69, 9.17) is 34.8 Å².